The maximum atomic E-state index is 12.5. The Bertz CT molecular complexity index is 604. The lowest BCUT2D eigenvalue weighted by Crippen LogP contribution is -2.46. The minimum absolute atomic E-state index is 0.0640. The Morgan fingerprint density at radius 3 is 2.79 bits per heavy atom. The van der Waals surface area contributed by atoms with Crippen LogP contribution in [-0.2, 0) is 4.79 Å². The van der Waals surface area contributed by atoms with Crippen molar-refractivity contribution in [2.24, 2.45) is 5.92 Å². The second kappa shape index (κ2) is 8.49. The lowest BCUT2D eigenvalue weighted by Gasteiger charge is -2.28. The van der Waals surface area contributed by atoms with Gasteiger partial charge in [-0.1, -0.05) is 25.4 Å². The third-order valence-electron chi connectivity index (χ3n) is 4.05. The van der Waals surface area contributed by atoms with Gasteiger partial charge in [0.2, 0.25) is 5.91 Å². The highest BCUT2D eigenvalue weighted by molar-refractivity contribution is 6.34. The molecule has 2 atom stereocenters. The third kappa shape index (κ3) is 5.49. The van der Waals surface area contributed by atoms with E-state index in [1.165, 1.54) is 0 Å². The topological polar surface area (TPSA) is 70.2 Å². The number of halogens is 1. The van der Waals surface area contributed by atoms with Crippen LogP contribution >= 0.6 is 11.6 Å². The van der Waals surface area contributed by atoms with E-state index >= 15 is 0 Å². The Hall–Kier alpha value is -1.59. The molecule has 1 aromatic rings. The monoisotopic (exact) mass is 351 g/mol. The second-order valence-corrected chi connectivity index (χ2v) is 7.30. The van der Waals surface area contributed by atoms with Crippen LogP contribution in [0.5, 0.6) is 0 Å². The van der Waals surface area contributed by atoms with Gasteiger partial charge in [0, 0.05) is 24.2 Å². The molecule has 0 aliphatic carbocycles. The Morgan fingerprint density at radius 1 is 1.38 bits per heavy atom. The van der Waals surface area contributed by atoms with Crippen molar-refractivity contribution < 1.29 is 9.59 Å². The smallest absolute Gasteiger partial charge is 0.253 e. The molecule has 0 bridgehead atoms. The van der Waals surface area contributed by atoms with E-state index in [0.29, 0.717) is 28.7 Å². The molecule has 2 unspecified atom stereocenters. The van der Waals surface area contributed by atoms with E-state index in [-0.39, 0.29) is 23.8 Å². The molecule has 2 rings (SSSR count). The number of piperidine rings is 1. The maximum absolute atomic E-state index is 12.5. The summed E-state index contributed by atoms with van der Waals surface area (Å²) in [6, 6.07) is 5.53. The Labute approximate surface area is 148 Å². The molecule has 1 saturated heterocycles. The summed E-state index contributed by atoms with van der Waals surface area (Å²) in [6.45, 7) is 6.97. The Balaban J connectivity index is 2.04. The van der Waals surface area contributed by atoms with Crippen molar-refractivity contribution in [3.05, 3.63) is 28.8 Å². The van der Waals surface area contributed by atoms with Crippen molar-refractivity contribution in [3.63, 3.8) is 0 Å². The van der Waals surface area contributed by atoms with Crippen LogP contribution in [0.4, 0.5) is 5.69 Å². The largest absolute Gasteiger partial charge is 0.349 e. The minimum Gasteiger partial charge on any atom is -0.349 e. The number of rotatable bonds is 5. The predicted octanol–water partition coefficient (Wildman–Crippen LogP) is 3.19. The predicted molar refractivity (Wildman–Crippen MR) is 97.5 cm³/mol. The fraction of sp³-hybridized carbons (Fsp3) is 0.556. The molecule has 1 aromatic carbocycles. The number of carbonyl (C=O) groups excluding carboxylic acids is 2. The first-order valence-corrected chi connectivity index (χ1v) is 8.86. The van der Waals surface area contributed by atoms with Crippen LogP contribution in [0.3, 0.4) is 0 Å². The van der Waals surface area contributed by atoms with Gasteiger partial charge in [0.1, 0.15) is 0 Å². The summed E-state index contributed by atoms with van der Waals surface area (Å²) in [5, 5.41) is 9.61. The summed E-state index contributed by atoms with van der Waals surface area (Å²) >= 11 is 6.17. The fourth-order valence-electron chi connectivity index (χ4n) is 2.89. The quantitative estimate of drug-likeness (QED) is 0.763. The number of nitrogens with one attached hydrogen (secondary N) is 3. The number of carbonyl (C=O) groups is 2. The van der Waals surface area contributed by atoms with Crippen molar-refractivity contribution in [1.82, 2.24) is 10.6 Å². The lowest BCUT2D eigenvalue weighted by molar-refractivity contribution is -0.116. The van der Waals surface area contributed by atoms with Crippen LogP contribution in [-0.4, -0.2) is 30.4 Å². The summed E-state index contributed by atoms with van der Waals surface area (Å²) in [7, 11) is 0. The minimum atomic E-state index is -0.195. The molecule has 6 heteroatoms. The molecule has 3 N–H and O–H groups in total. The standard InChI is InChI=1S/C18H26ClN3O2/c1-11(2)8-17(23)21-13-4-5-16(19)15(10-13)18(24)22-14-6-7-20-12(3)9-14/h4-5,10-12,14,20H,6-9H2,1-3H3,(H,21,23)(H,22,24). The maximum Gasteiger partial charge on any atom is 0.253 e. The van der Waals surface area contributed by atoms with E-state index in [4.69, 9.17) is 11.6 Å². The van der Waals surface area contributed by atoms with Crippen molar-refractivity contribution in [2.75, 3.05) is 11.9 Å². The zero-order chi connectivity index (χ0) is 17.7. The van der Waals surface area contributed by atoms with E-state index in [1.807, 2.05) is 13.8 Å². The van der Waals surface area contributed by atoms with E-state index < -0.39 is 0 Å². The SMILES string of the molecule is CC(C)CC(=O)Nc1ccc(Cl)c(C(=O)NC2CCNC(C)C2)c1. The van der Waals surface area contributed by atoms with Gasteiger partial charge in [-0.25, -0.2) is 0 Å². The molecule has 0 aromatic heterocycles. The number of benzene rings is 1. The normalized spacial score (nSPS) is 20.7. The van der Waals surface area contributed by atoms with E-state index in [0.717, 1.165) is 19.4 Å². The Kier molecular flexibility index (Phi) is 6.63. The van der Waals surface area contributed by atoms with Crippen molar-refractivity contribution in [1.29, 1.82) is 0 Å². The molecule has 1 aliphatic rings. The van der Waals surface area contributed by atoms with E-state index in [1.54, 1.807) is 18.2 Å². The summed E-state index contributed by atoms with van der Waals surface area (Å²) in [6.07, 6.45) is 2.24. The van der Waals surface area contributed by atoms with Gasteiger partial charge in [-0.05, 0) is 50.4 Å². The van der Waals surface area contributed by atoms with Crippen LogP contribution in [0.15, 0.2) is 18.2 Å². The average molecular weight is 352 g/mol. The van der Waals surface area contributed by atoms with Gasteiger partial charge in [0.05, 0.1) is 10.6 Å². The molecule has 1 aliphatic heterocycles. The Morgan fingerprint density at radius 2 is 2.12 bits per heavy atom. The first-order chi connectivity index (χ1) is 11.3. The lowest BCUT2D eigenvalue weighted by atomic mass is 10.00. The number of amides is 2. The van der Waals surface area contributed by atoms with Crippen LogP contribution in [0.2, 0.25) is 5.02 Å². The first kappa shape index (κ1) is 18.7. The molecule has 2 amide bonds. The number of hydrogen-bond acceptors (Lipinski definition) is 3. The van der Waals surface area contributed by atoms with Gasteiger partial charge >= 0.3 is 0 Å². The summed E-state index contributed by atoms with van der Waals surface area (Å²) in [5.74, 6) is 0.0203. The third-order valence-corrected chi connectivity index (χ3v) is 4.38. The highest BCUT2D eigenvalue weighted by atomic mass is 35.5. The molecule has 0 radical (unpaired) electrons. The van der Waals surface area contributed by atoms with Crippen LogP contribution < -0.4 is 16.0 Å². The van der Waals surface area contributed by atoms with Gasteiger partial charge in [-0.15, -0.1) is 0 Å². The highest BCUT2D eigenvalue weighted by Gasteiger charge is 2.21. The van der Waals surface area contributed by atoms with Crippen LogP contribution in [0, 0.1) is 5.92 Å². The summed E-state index contributed by atoms with van der Waals surface area (Å²) in [5.41, 5.74) is 0.985. The first-order valence-electron chi connectivity index (χ1n) is 8.48. The van der Waals surface area contributed by atoms with Crippen molar-refractivity contribution in [3.8, 4) is 0 Å². The summed E-state index contributed by atoms with van der Waals surface area (Å²) < 4.78 is 0. The molecule has 1 fully saturated rings. The number of hydrogen-bond donors (Lipinski definition) is 3. The molecular weight excluding hydrogens is 326 g/mol. The molecular formula is C18H26ClN3O2. The molecule has 0 saturated carbocycles. The van der Waals surface area contributed by atoms with Gasteiger partial charge in [0.25, 0.3) is 5.91 Å². The van der Waals surface area contributed by atoms with Gasteiger partial charge in [0.15, 0.2) is 0 Å². The zero-order valence-corrected chi connectivity index (χ0v) is 15.2. The summed E-state index contributed by atoms with van der Waals surface area (Å²) in [4.78, 5) is 24.4. The highest BCUT2D eigenvalue weighted by Crippen LogP contribution is 2.22. The van der Waals surface area contributed by atoms with Gasteiger partial charge in [-0.2, -0.15) is 0 Å². The average Bonchev–Trinajstić information content (AvgIpc) is 2.48. The van der Waals surface area contributed by atoms with E-state index in [2.05, 4.69) is 22.9 Å². The molecule has 0 spiro atoms. The van der Waals surface area contributed by atoms with Crippen LogP contribution in [0.1, 0.15) is 50.4 Å². The molecule has 24 heavy (non-hydrogen) atoms. The number of anilines is 1. The fourth-order valence-corrected chi connectivity index (χ4v) is 3.09. The zero-order valence-electron chi connectivity index (χ0n) is 14.5. The molecule has 5 nitrogen and oxygen atoms in total. The molecule has 132 valence electrons. The van der Waals surface area contributed by atoms with Gasteiger partial charge < -0.3 is 16.0 Å². The van der Waals surface area contributed by atoms with Crippen LogP contribution in [0.25, 0.3) is 0 Å². The van der Waals surface area contributed by atoms with Crippen molar-refractivity contribution >= 4 is 29.1 Å². The van der Waals surface area contributed by atoms with E-state index in [9.17, 15) is 9.59 Å². The second-order valence-electron chi connectivity index (χ2n) is 6.89. The molecule has 1 heterocycles. The van der Waals surface area contributed by atoms with Crippen molar-refractivity contribution in [2.45, 2.75) is 52.1 Å². The van der Waals surface area contributed by atoms with Gasteiger partial charge in [-0.3, -0.25) is 9.59 Å².